The summed E-state index contributed by atoms with van der Waals surface area (Å²) in [6.45, 7) is 6.00. The summed E-state index contributed by atoms with van der Waals surface area (Å²) in [7, 11) is 0. The Balaban J connectivity index is 2.38. The van der Waals surface area contributed by atoms with Crippen LogP contribution in [0, 0.1) is 6.92 Å². The van der Waals surface area contributed by atoms with Gasteiger partial charge in [0.2, 0.25) is 0 Å². The third-order valence-corrected chi connectivity index (χ3v) is 1.91. The van der Waals surface area contributed by atoms with Gasteiger partial charge in [0.15, 0.2) is 0 Å². The van der Waals surface area contributed by atoms with Gasteiger partial charge in [0.25, 0.3) is 0 Å². The fourth-order valence-corrected chi connectivity index (χ4v) is 0.370. The van der Waals surface area contributed by atoms with Gasteiger partial charge in [-0.1, -0.05) is 6.92 Å². The molecule has 0 amide bonds. The SMILES string of the molecule is [CH2-]C1(C)CS1. The van der Waals surface area contributed by atoms with E-state index in [0.29, 0.717) is 4.75 Å². The second-order valence-electron chi connectivity index (χ2n) is 1.74. The largest absolute Gasteiger partial charge is 0.327 e. The molecular formula is C4H7S-. The fourth-order valence-electron chi connectivity index (χ4n) is 0.123. The monoisotopic (exact) mass is 87.0 g/mol. The molecule has 0 spiro atoms. The van der Waals surface area contributed by atoms with Gasteiger partial charge in [-0.05, 0) is 5.75 Å². The summed E-state index contributed by atoms with van der Waals surface area (Å²) in [6.07, 6.45) is 0. The fraction of sp³-hybridized carbons (Fsp3) is 0.750. The Bertz CT molecular complexity index is 41.6. The van der Waals surface area contributed by atoms with E-state index >= 15 is 0 Å². The van der Waals surface area contributed by atoms with Crippen LogP contribution in [0.3, 0.4) is 0 Å². The molecule has 0 aromatic heterocycles. The van der Waals surface area contributed by atoms with Crippen LogP contribution in [0.1, 0.15) is 6.92 Å². The Morgan fingerprint density at radius 3 is 2.20 bits per heavy atom. The summed E-state index contributed by atoms with van der Waals surface area (Å²) in [5.41, 5.74) is 0. The van der Waals surface area contributed by atoms with Crippen LogP contribution in [0.4, 0.5) is 0 Å². The molecule has 1 heteroatoms. The van der Waals surface area contributed by atoms with Crippen molar-refractivity contribution >= 4 is 11.8 Å². The first-order valence-corrected chi connectivity index (χ1v) is 2.69. The summed E-state index contributed by atoms with van der Waals surface area (Å²) in [6, 6.07) is 0. The van der Waals surface area contributed by atoms with E-state index in [0.717, 1.165) is 0 Å². The molecule has 5 heavy (non-hydrogen) atoms. The minimum absolute atomic E-state index is 0.417. The minimum atomic E-state index is 0.417. The van der Waals surface area contributed by atoms with Crippen molar-refractivity contribution in [3.63, 3.8) is 0 Å². The molecule has 0 aromatic rings. The zero-order valence-electron chi connectivity index (χ0n) is 3.32. The van der Waals surface area contributed by atoms with Gasteiger partial charge >= 0.3 is 0 Å². The number of rotatable bonds is 0. The molecular weight excluding hydrogens is 80.1 g/mol. The van der Waals surface area contributed by atoms with Crippen LogP contribution in [0.15, 0.2) is 0 Å². The van der Waals surface area contributed by atoms with Crippen LogP contribution < -0.4 is 0 Å². The summed E-state index contributed by atoms with van der Waals surface area (Å²) >= 11 is 1.91. The number of hydrogen-bond donors (Lipinski definition) is 0. The molecule has 1 heterocycles. The zero-order chi connectivity index (χ0) is 3.91. The molecule has 1 atom stereocenters. The van der Waals surface area contributed by atoms with Crippen molar-refractivity contribution in [2.45, 2.75) is 11.7 Å². The summed E-state index contributed by atoms with van der Waals surface area (Å²) < 4.78 is 0.417. The number of hydrogen-bond acceptors (Lipinski definition) is 1. The second kappa shape index (κ2) is 0.700. The molecule has 1 aliphatic heterocycles. The van der Waals surface area contributed by atoms with E-state index in [1.165, 1.54) is 5.75 Å². The topological polar surface area (TPSA) is 0 Å². The summed E-state index contributed by atoms with van der Waals surface area (Å²) in [5.74, 6) is 1.26. The van der Waals surface area contributed by atoms with Gasteiger partial charge in [-0.15, -0.1) is 4.75 Å². The molecule has 0 N–H and O–H groups in total. The van der Waals surface area contributed by atoms with Gasteiger partial charge in [-0.25, -0.2) is 0 Å². The normalized spacial score (nSPS) is 49.2. The van der Waals surface area contributed by atoms with Crippen molar-refractivity contribution in [3.05, 3.63) is 6.92 Å². The lowest BCUT2D eigenvalue weighted by molar-refractivity contribution is 1.01. The standard InChI is InChI=1S/C4H7S/c1-4(2)3-5-4/h1,3H2,2H3/q-1. The Kier molecular flexibility index (Phi) is 0.495. The third-order valence-electron chi connectivity index (χ3n) is 0.637. The van der Waals surface area contributed by atoms with E-state index in [4.69, 9.17) is 0 Å². The van der Waals surface area contributed by atoms with Gasteiger partial charge < -0.3 is 6.92 Å². The van der Waals surface area contributed by atoms with Gasteiger partial charge in [0.1, 0.15) is 0 Å². The molecule has 1 rings (SSSR count). The van der Waals surface area contributed by atoms with Crippen LogP contribution in [-0.2, 0) is 0 Å². The lowest BCUT2D eigenvalue weighted by atomic mass is 10.3. The van der Waals surface area contributed by atoms with E-state index in [1.807, 2.05) is 11.8 Å². The first-order valence-electron chi connectivity index (χ1n) is 1.70. The maximum Gasteiger partial charge on any atom is -0.0221 e. The molecule has 30 valence electrons. The summed E-state index contributed by atoms with van der Waals surface area (Å²) in [4.78, 5) is 0. The molecule has 0 aromatic carbocycles. The maximum atomic E-state index is 3.84. The Morgan fingerprint density at radius 2 is 2.20 bits per heavy atom. The predicted octanol–water partition coefficient (Wildman–Crippen LogP) is 1.33. The van der Waals surface area contributed by atoms with Crippen molar-refractivity contribution in [1.29, 1.82) is 0 Å². The highest BCUT2D eigenvalue weighted by atomic mass is 32.2. The van der Waals surface area contributed by atoms with Crippen molar-refractivity contribution in [2.24, 2.45) is 0 Å². The highest BCUT2D eigenvalue weighted by Gasteiger charge is 2.23. The van der Waals surface area contributed by atoms with Crippen LogP contribution in [-0.4, -0.2) is 10.5 Å². The minimum Gasteiger partial charge on any atom is -0.327 e. The predicted molar refractivity (Wildman–Crippen MR) is 26.2 cm³/mol. The van der Waals surface area contributed by atoms with E-state index in [-0.39, 0.29) is 0 Å². The van der Waals surface area contributed by atoms with Crippen molar-refractivity contribution < 1.29 is 0 Å². The second-order valence-corrected chi connectivity index (χ2v) is 3.30. The van der Waals surface area contributed by atoms with Crippen LogP contribution in [0.5, 0.6) is 0 Å². The Labute approximate surface area is 37.0 Å². The zero-order valence-corrected chi connectivity index (χ0v) is 4.14. The molecule has 0 aliphatic carbocycles. The van der Waals surface area contributed by atoms with Crippen LogP contribution in [0.25, 0.3) is 0 Å². The van der Waals surface area contributed by atoms with E-state index < -0.39 is 0 Å². The van der Waals surface area contributed by atoms with Crippen molar-refractivity contribution in [1.82, 2.24) is 0 Å². The van der Waals surface area contributed by atoms with Gasteiger partial charge in [0.05, 0.1) is 0 Å². The van der Waals surface area contributed by atoms with Crippen molar-refractivity contribution in [3.8, 4) is 0 Å². The molecule has 1 fully saturated rings. The Morgan fingerprint density at radius 1 is 2.00 bits per heavy atom. The molecule has 0 saturated carbocycles. The summed E-state index contributed by atoms with van der Waals surface area (Å²) in [5, 5.41) is 0. The van der Waals surface area contributed by atoms with Crippen molar-refractivity contribution in [2.75, 3.05) is 5.75 Å². The molecule has 0 nitrogen and oxygen atoms in total. The average Bonchev–Trinajstić information content (AvgIpc) is 1.76. The van der Waals surface area contributed by atoms with Gasteiger partial charge in [-0.2, -0.15) is 11.8 Å². The van der Waals surface area contributed by atoms with Crippen LogP contribution in [0.2, 0.25) is 0 Å². The van der Waals surface area contributed by atoms with E-state index in [1.54, 1.807) is 0 Å². The first kappa shape index (κ1) is 3.54. The average molecular weight is 87.2 g/mol. The Hall–Kier alpha value is 0.350. The quantitative estimate of drug-likeness (QED) is 0.317. The maximum absolute atomic E-state index is 3.84. The molecule has 0 radical (unpaired) electrons. The van der Waals surface area contributed by atoms with E-state index in [9.17, 15) is 0 Å². The molecule has 1 saturated heterocycles. The molecule has 1 unspecified atom stereocenters. The van der Waals surface area contributed by atoms with E-state index in [2.05, 4.69) is 13.8 Å². The highest BCUT2D eigenvalue weighted by molar-refractivity contribution is 8.07. The molecule has 1 aliphatic rings. The lowest BCUT2D eigenvalue weighted by Crippen LogP contribution is -1.88. The lowest BCUT2D eigenvalue weighted by Gasteiger charge is -1.95. The smallest absolute Gasteiger partial charge is 0.0221 e. The highest BCUT2D eigenvalue weighted by Crippen LogP contribution is 2.42. The third kappa shape index (κ3) is 0.839. The first-order chi connectivity index (χ1) is 2.21. The number of thioether (sulfide) groups is 1. The molecule has 0 bridgehead atoms. The van der Waals surface area contributed by atoms with Gasteiger partial charge in [-0.3, -0.25) is 0 Å². The van der Waals surface area contributed by atoms with Crippen LogP contribution >= 0.6 is 11.8 Å². The van der Waals surface area contributed by atoms with Gasteiger partial charge in [0, 0.05) is 0 Å².